The molecule has 1 fully saturated rings. The number of carbonyl (C=O) groups excluding carboxylic acids is 1. The Labute approximate surface area is 213 Å². The number of aryl methyl sites for hydroxylation is 2. The Morgan fingerprint density at radius 2 is 1.51 bits per heavy atom. The third-order valence-electron chi connectivity index (χ3n) is 6.70. The molecule has 1 unspecified atom stereocenters. The molecule has 0 bridgehead atoms. The maximum absolute atomic E-state index is 13.6. The van der Waals surface area contributed by atoms with Crippen LogP contribution in [0.25, 0.3) is 0 Å². The molecule has 3 aromatic carbocycles. The molecule has 184 valence electrons. The molecule has 1 aliphatic rings. The molecule has 0 saturated carbocycles. The lowest BCUT2D eigenvalue weighted by Crippen LogP contribution is -2.63. The summed E-state index contributed by atoms with van der Waals surface area (Å²) < 4.78 is 0. The number of aliphatic hydroxyl groups excluding tert-OH is 1. The molecular weight excluding hydrogens is 458 g/mol. The third-order valence-corrected chi connectivity index (χ3v) is 7.27. The van der Waals surface area contributed by atoms with Crippen molar-refractivity contribution in [3.8, 4) is 0 Å². The highest BCUT2D eigenvalue weighted by molar-refractivity contribution is 6.18. The van der Waals surface area contributed by atoms with Gasteiger partial charge in [-0.2, -0.15) is 0 Å². The van der Waals surface area contributed by atoms with Crippen LogP contribution in [-0.2, 0) is 17.8 Å². The van der Waals surface area contributed by atoms with E-state index in [1.165, 1.54) is 16.7 Å². The van der Waals surface area contributed by atoms with Crippen molar-refractivity contribution in [3.63, 3.8) is 0 Å². The molecule has 0 spiro atoms. The fourth-order valence-corrected chi connectivity index (χ4v) is 4.63. The highest BCUT2D eigenvalue weighted by Gasteiger charge is 2.45. The second kappa shape index (κ2) is 11.1. The van der Waals surface area contributed by atoms with Gasteiger partial charge in [-0.25, -0.2) is 0 Å². The van der Waals surface area contributed by atoms with Crippen molar-refractivity contribution in [3.05, 3.63) is 95.1 Å². The molecular formula is C29H34ClN3O2. The predicted molar refractivity (Wildman–Crippen MR) is 144 cm³/mol. The normalized spacial score (nSPS) is 15.3. The third kappa shape index (κ3) is 6.16. The summed E-state index contributed by atoms with van der Waals surface area (Å²) >= 11 is 6.08. The fraction of sp³-hybridized carbons (Fsp3) is 0.345. The molecule has 3 N–H and O–H groups in total. The molecule has 6 heteroatoms. The molecule has 0 aromatic heterocycles. The Morgan fingerprint density at radius 1 is 0.943 bits per heavy atom. The van der Waals surface area contributed by atoms with Gasteiger partial charge < -0.3 is 20.6 Å². The second-order valence-corrected chi connectivity index (χ2v) is 10.0. The van der Waals surface area contributed by atoms with E-state index >= 15 is 0 Å². The van der Waals surface area contributed by atoms with E-state index in [0.717, 1.165) is 16.9 Å². The summed E-state index contributed by atoms with van der Waals surface area (Å²) in [7, 11) is 0. The average molecular weight is 492 g/mol. The fourth-order valence-electron chi connectivity index (χ4n) is 4.38. The Bertz CT molecular complexity index is 1120. The van der Waals surface area contributed by atoms with Gasteiger partial charge in [0.2, 0.25) is 5.91 Å². The predicted octanol–water partition coefficient (Wildman–Crippen LogP) is 5.00. The van der Waals surface area contributed by atoms with Crippen LogP contribution in [0.15, 0.2) is 72.8 Å². The van der Waals surface area contributed by atoms with Gasteiger partial charge in [0.1, 0.15) is 6.04 Å². The molecule has 1 saturated heterocycles. The highest BCUT2D eigenvalue weighted by Crippen LogP contribution is 2.33. The van der Waals surface area contributed by atoms with Crippen molar-refractivity contribution in [2.75, 3.05) is 36.2 Å². The van der Waals surface area contributed by atoms with Crippen molar-refractivity contribution in [2.45, 2.75) is 32.9 Å². The first kappa shape index (κ1) is 25.1. The van der Waals surface area contributed by atoms with Crippen molar-refractivity contribution >= 4 is 28.9 Å². The van der Waals surface area contributed by atoms with Gasteiger partial charge in [-0.1, -0.05) is 71.8 Å². The Kier molecular flexibility index (Phi) is 7.99. The van der Waals surface area contributed by atoms with Crippen LogP contribution in [0.4, 0.5) is 11.4 Å². The number of halogens is 1. The first-order valence-corrected chi connectivity index (χ1v) is 12.6. The Balaban J connectivity index is 1.52. The molecule has 35 heavy (non-hydrogen) atoms. The number of amides is 1. The SMILES string of the molecule is Cc1ccc(CNc2ccccc2NC(Cc2ccc(C)cc2)C(=O)N2CC(CO)(CCl)C2)cc1. The lowest BCUT2D eigenvalue weighted by molar-refractivity contribution is -0.145. The first-order chi connectivity index (χ1) is 16.9. The lowest BCUT2D eigenvalue weighted by Gasteiger charge is -2.49. The number of carbonyl (C=O) groups is 1. The summed E-state index contributed by atoms with van der Waals surface area (Å²) in [6.45, 7) is 5.77. The van der Waals surface area contributed by atoms with Crippen molar-refractivity contribution in [1.29, 1.82) is 0 Å². The van der Waals surface area contributed by atoms with E-state index in [-0.39, 0.29) is 17.9 Å². The minimum atomic E-state index is -0.438. The van der Waals surface area contributed by atoms with E-state index in [9.17, 15) is 9.90 Å². The van der Waals surface area contributed by atoms with Crippen LogP contribution < -0.4 is 10.6 Å². The van der Waals surface area contributed by atoms with Crippen molar-refractivity contribution in [1.82, 2.24) is 4.90 Å². The number of aliphatic hydroxyl groups is 1. The summed E-state index contributed by atoms with van der Waals surface area (Å²) in [5, 5.41) is 16.8. The summed E-state index contributed by atoms with van der Waals surface area (Å²) in [6.07, 6.45) is 0.564. The number of hydrogen-bond acceptors (Lipinski definition) is 4. The van der Waals surface area contributed by atoms with Gasteiger partial charge in [-0.15, -0.1) is 11.6 Å². The van der Waals surface area contributed by atoms with Crippen LogP contribution in [0, 0.1) is 19.3 Å². The van der Waals surface area contributed by atoms with Gasteiger partial charge in [0.15, 0.2) is 0 Å². The Hall–Kier alpha value is -3.02. The number of benzene rings is 3. The van der Waals surface area contributed by atoms with Crippen LogP contribution in [0.5, 0.6) is 0 Å². The molecule has 0 radical (unpaired) electrons. The number of hydrogen-bond donors (Lipinski definition) is 3. The smallest absolute Gasteiger partial charge is 0.245 e. The zero-order valence-corrected chi connectivity index (χ0v) is 21.2. The molecule has 3 aromatic rings. The van der Waals surface area contributed by atoms with Gasteiger partial charge in [0, 0.05) is 37.4 Å². The first-order valence-electron chi connectivity index (χ1n) is 12.1. The van der Waals surface area contributed by atoms with E-state index in [2.05, 4.69) is 73.0 Å². The minimum absolute atomic E-state index is 0.0118. The molecule has 1 amide bonds. The van der Waals surface area contributed by atoms with Crippen molar-refractivity contribution < 1.29 is 9.90 Å². The molecule has 0 aliphatic carbocycles. The van der Waals surface area contributed by atoms with Crippen LogP contribution in [0.3, 0.4) is 0 Å². The van der Waals surface area contributed by atoms with Crippen LogP contribution in [0.2, 0.25) is 0 Å². The Morgan fingerprint density at radius 3 is 2.09 bits per heavy atom. The second-order valence-electron chi connectivity index (χ2n) is 9.76. The van der Waals surface area contributed by atoms with E-state index in [1.807, 2.05) is 24.3 Å². The lowest BCUT2D eigenvalue weighted by atomic mass is 9.82. The number of nitrogens with zero attached hydrogens (tertiary/aromatic N) is 1. The molecule has 1 atom stereocenters. The molecule has 4 rings (SSSR count). The van der Waals surface area contributed by atoms with Gasteiger partial charge in [0.05, 0.1) is 18.0 Å². The van der Waals surface area contributed by atoms with Gasteiger partial charge in [-0.3, -0.25) is 4.79 Å². The van der Waals surface area contributed by atoms with Gasteiger partial charge in [0.25, 0.3) is 0 Å². The maximum Gasteiger partial charge on any atom is 0.245 e. The van der Waals surface area contributed by atoms with Crippen molar-refractivity contribution in [2.24, 2.45) is 5.41 Å². The van der Waals surface area contributed by atoms with E-state index in [0.29, 0.717) is 31.9 Å². The number of para-hydroxylation sites is 2. The number of anilines is 2. The number of rotatable bonds is 10. The zero-order chi connectivity index (χ0) is 24.8. The maximum atomic E-state index is 13.6. The summed E-state index contributed by atoms with van der Waals surface area (Å²) in [6, 6.07) is 24.3. The summed E-state index contributed by atoms with van der Waals surface area (Å²) in [5.74, 6) is 0.364. The minimum Gasteiger partial charge on any atom is -0.396 e. The standard InChI is InChI=1S/C29H34ClN3O2/c1-21-7-11-23(12-8-21)15-27(28(35)33-18-29(17-30,19-33)20-34)32-26-6-4-3-5-25(26)31-16-24-13-9-22(2)10-14-24/h3-14,27,31-32,34H,15-20H2,1-2H3. The number of nitrogens with one attached hydrogen (secondary N) is 2. The zero-order valence-electron chi connectivity index (χ0n) is 20.4. The summed E-state index contributed by atoms with van der Waals surface area (Å²) in [4.78, 5) is 15.4. The molecule has 1 aliphatic heterocycles. The van der Waals surface area contributed by atoms with Crippen LogP contribution in [0.1, 0.15) is 22.3 Å². The molecule has 5 nitrogen and oxygen atoms in total. The average Bonchev–Trinajstić information content (AvgIpc) is 2.85. The van der Waals surface area contributed by atoms with E-state index in [4.69, 9.17) is 11.6 Å². The van der Waals surface area contributed by atoms with Gasteiger partial charge in [-0.05, 0) is 37.1 Å². The van der Waals surface area contributed by atoms with Crippen LogP contribution >= 0.6 is 11.6 Å². The summed E-state index contributed by atoms with van der Waals surface area (Å²) in [5.41, 5.74) is 6.16. The number of alkyl halides is 1. The highest BCUT2D eigenvalue weighted by atomic mass is 35.5. The van der Waals surface area contributed by atoms with E-state index in [1.54, 1.807) is 4.90 Å². The largest absolute Gasteiger partial charge is 0.396 e. The quantitative estimate of drug-likeness (QED) is 0.349. The monoisotopic (exact) mass is 491 g/mol. The topological polar surface area (TPSA) is 64.6 Å². The van der Waals surface area contributed by atoms with Gasteiger partial charge >= 0.3 is 0 Å². The molecule has 1 heterocycles. The van der Waals surface area contributed by atoms with E-state index < -0.39 is 6.04 Å². The number of likely N-dealkylation sites (tertiary alicyclic amines) is 1. The van der Waals surface area contributed by atoms with Crippen LogP contribution in [-0.4, -0.2) is 47.5 Å².